The number of likely N-dealkylation sites (N-methyl/N-ethyl adjacent to an activating group) is 1. The van der Waals surface area contributed by atoms with Crippen LogP contribution in [0.25, 0.3) is 0 Å². The van der Waals surface area contributed by atoms with Gasteiger partial charge in [0.1, 0.15) is 5.82 Å². The molecule has 0 aliphatic rings. The molecule has 0 aromatic carbocycles. The van der Waals surface area contributed by atoms with Gasteiger partial charge >= 0.3 is 0 Å². The third-order valence-corrected chi connectivity index (χ3v) is 2.54. The highest BCUT2D eigenvalue weighted by Crippen LogP contribution is 2.13. The molecule has 0 spiro atoms. The van der Waals surface area contributed by atoms with Crippen LogP contribution in [0.2, 0.25) is 0 Å². The van der Waals surface area contributed by atoms with Crippen LogP contribution < -0.4 is 16.8 Å². The number of rotatable bonds is 6. The molecule has 1 aromatic rings. The van der Waals surface area contributed by atoms with Crippen molar-refractivity contribution in [2.75, 3.05) is 37.7 Å². The maximum atomic E-state index is 11.1. The van der Waals surface area contributed by atoms with Gasteiger partial charge in [-0.1, -0.05) is 6.92 Å². The van der Waals surface area contributed by atoms with E-state index in [-0.39, 0.29) is 0 Å². The van der Waals surface area contributed by atoms with Crippen molar-refractivity contribution in [3.8, 4) is 0 Å². The highest BCUT2D eigenvalue weighted by atomic mass is 16.1. The van der Waals surface area contributed by atoms with Crippen molar-refractivity contribution in [3.63, 3.8) is 0 Å². The topological polar surface area (TPSA) is 97.3 Å². The number of pyridine rings is 1. The molecular formula is C11H19N5O. The molecule has 0 radical (unpaired) electrons. The summed E-state index contributed by atoms with van der Waals surface area (Å²) < 4.78 is 0. The lowest BCUT2D eigenvalue weighted by Gasteiger charge is -2.14. The molecular weight excluding hydrogens is 218 g/mol. The van der Waals surface area contributed by atoms with E-state index >= 15 is 0 Å². The maximum Gasteiger partial charge on any atom is 0.250 e. The van der Waals surface area contributed by atoms with Gasteiger partial charge in [-0.25, -0.2) is 4.98 Å². The lowest BCUT2D eigenvalue weighted by Crippen LogP contribution is -2.25. The summed E-state index contributed by atoms with van der Waals surface area (Å²) >= 11 is 0. The number of anilines is 2. The molecule has 0 atom stereocenters. The number of amides is 1. The number of nitrogens with one attached hydrogen (secondary N) is 1. The van der Waals surface area contributed by atoms with Gasteiger partial charge in [0.2, 0.25) is 0 Å². The van der Waals surface area contributed by atoms with Gasteiger partial charge in [0.05, 0.1) is 17.4 Å². The number of primary amides is 1. The Kier molecular flexibility index (Phi) is 4.71. The fourth-order valence-corrected chi connectivity index (χ4v) is 1.31. The summed E-state index contributed by atoms with van der Waals surface area (Å²) in [6.45, 7) is 4.73. The van der Waals surface area contributed by atoms with Crippen molar-refractivity contribution in [1.82, 2.24) is 9.88 Å². The first-order valence-electron chi connectivity index (χ1n) is 5.52. The summed E-state index contributed by atoms with van der Waals surface area (Å²) in [6, 6.07) is 1.57. The lowest BCUT2D eigenvalue weighted by molar-refractivity contribution is 0.100. The zero-order valence-corrected chi connectivity index (χ0v) is 10.2. The van der Waals surface area contributed by atoms with E-state index in [0.29, 0.717) is 17.1 Å². The first-order chi connectivity index (χ1) is 8.04. The van der Waals surface area contributed by atoms with Crippen LogP contribution in [0, 0.1) is 0 Å². The van der Waals surface area contributed by atoms with E-state index in [1.54, 1.807) is 6.07 Å². The SMILES string of the molecule is CCN(C)CCNc1cc(C(N)=O)c(N)cn1. The van der Waals surface area contributed by atoms with Crippen molar-refractivity contribution in [2.45, 2.75) is 6.92 Å². The number of carbonyl (C=O) groups excluding carboxylic acids is 1. The molecule has 94 valence electrons. The van der Waals surface area contributed by atoms with E-state index in [1.807, 2.05) is 7.05 Å². The Morgan fingerprint density at radius 2 is 2.29 bits per heavy atom. The van der Waals surface area contributed by atoms with Gasteiger partial charge in [0.15, 0.2) is 0 Å². The van der Waals surface area contributed by atoms with Gasteiger partial charge in [0, 0.05) is 13.1 Å². The standard InChI is InChI=1S/C11H19N5O/c1-3-16(2)5-4-14-10-6-8(11(13)17)9(12)7-15-10/h6-7H,3-5,12H2,1-2H3,(H2,13,17)(H,14,15). The summed E-state index contributed by atoms with van der Waals surface area (Å²) in [5.74, 6) is 0.0659. The largest absolute Gasteiger partial charge is 0.397 e. The minimum Gasteiger partial charge on any atom is -0.397 e. The number of nitrogens with two attached hydrogens (primary N) is 2. The van der Waals surface area contributed by atoms with E-state index in [2.05, 4.69) is 22.1 Å². The molecule has 0 saturated carbocycles. The highest BCUT2D eigenvalue weighted by Gasteiger charge is 2.07. The van der Waals surface area contributed by atoms with Crippen LogP contribution in [0.4, 0.5) is 11.5 Å². The van der Waals surface area contributed by atoms with Crippen LogP contribution in [0.15, 0.2) is 12.3 Å². The maximum absolute atomic E-state index is 11.1. The third kappa shape index (κ3) is 3.92. The zero-order valence-electron chi connectivity index (χ0n) is 10.2. The summed E-state index contributed by atoms with van der Waals surface area (Å²) in [5, 5.41) is 3.12. The molecule has 17 heavy (non-hydrogen) atoms. The molecule has 5 N–H and O–H groups in total. The van der Waals surface area contributed by atoms with Crippen LogP contribution in [-0.4, -0.2) is 42.5 Å². The molecule has 6 nitrogen and oxygen atoms in total. The number of aromatic nitrogens is 1. The van der Waals surface area contributed by atoms with Gasteiger partial charge in [-0.15, -0.1) is 0 Å². The molecule has 6 heteroatoms. The van der Waals surface area contributed by atoms with Gasteiger partial charge < -0.3 is 21.7 Å². The Morgan fingerprint density at radius 1 is 1.59 bits per heavy atom. The van der Waals surface area contributed by atoms with Crippen LogP contribution in [0.1, 0.15) is 17.3 Å². The number of hydrogen-bond donors (Lipinski definition) is 3. The Morgan fingerprint density at radius 3 is 2.88 bits per heavy atom. The molecule has 0 fully saturated rings. The lowest BCUT2D eigenvalue weighted by atomic mass is 10.2. The molecule has 0 bridgehead atoms. The van der Waals surface area contributed by atoms with Crippen molar-refractivity contribution >= 4 is 17.4 Å². The van der Waals surface area contributed by atoms with Crippen molar-refractivity contribution < 1.29 is 4.79 Å². The average Bonchev–Trinajstić information content (AvgIpc) is 2.30. The zero-order chi connectivity index (χ0) is 12.8. The number of hydrogen-bond acceptors (Lipinski definition) is 5. The smallest absolute Gasteiger partial charge is 0.250 e. The van der Waals surface area contributed by atoms with E-state index in [1.165, 1.54) is 6.20 Å². The third-order valence-electron chi connectivity index (χ3n) is 2.54. The fraction of sp³-hybridized carbons (Fsp3) is 0.455. The van der Waals surface area contributed by atoms with Crippen LogP contribution >= 0.6 is 0 Å². The van der Waals surface area contributed by atoms with Gasteiger partial charge in [-0.05, 0) is 19.7 Å². The average molecular weight is 237 g/mol. The van der Waals surface area contributed by atoms with Crippen molar-refractivity contribution in [2.24, 2.45) is 5.73 Å². The predicted octanol–water partition coefficient (Wildman–Crippen LogP) is 0.126. The van der Waals surface area contributed by atoms with E-state index in [9.17, 15) is 4.79 Å². The summed E-state index contributed by atoms with van der Waals surface area (Å²) in [7, 11) is 2.03. The molecule has 0 saturated heterocycles. The van der Waals surface area contributed by atoms with Crippen LogP contribution in [0.5, 0.6) is 0 Å². The summed E-state index contributed by atoms with van der Waals surface area (Å²) in [4.78, 5) is 17.3. The van der Waals surface area contributed by atoms with Crippen molar-refractivity contribution in [1.29, 1.82) is 0 Å². The monoisotopic (exact) mass is 237 g/mol. The Hall–Kier alpha value is -1.82. The molecule has 1 amide bonds. The normalized spacial score (nSPS) is 10.5. The second-order valence-electron chi connectivity index (χ2n) is 3.84. The van der Waals surface area contributed by atoms with Gasteiger partial charge in [0.25, 0.3) is 5.91 Å². The quantitative estimate of drug-likeness (QED) is 0.653. The van der Waals surface area contributed by atoms with E-state index < -0.39 is 5.91 Å². The summed E-state index contributed by atoms with van der Waals surface area (Å²) in [5.41, 5.74) is 11.4. The first kappa shape index (κ1) is 13.2. The predicted molar refractivity (Wildman–Crippen MR) is 68.8 cm³/mol. The van der Waals surface area contributed by atoms with E-state index in [4.69, 9.17) is 11.5 Å². The minimum atomic E-state index is -0.543. The number of carbonyl (C=O) groups is 1. The first-order valence-corrected chi connectivity index (χ1v) is 5.52. The highest BCUT2D eigenvalue weighted by molar-refractivity contribution is 5.98. The molecule has 1 heterocycles. The second-order valence-corrected chi connectivity index (χ2v) is 3.84. The summed E-state index contributed by atoms with van der Waals surface area (Å²) in [6.07, 6.45) is 1.44. The van der Waals surface area contributed by atoms with Gasteiger partial charge in [-0.3, -0.25) is 4.79 Å². The molecule has 1 rings (SSSR count). The molecule has 0 aliphatic heterocycles. The Balaban J connectivity index is 2.60. The van der Waals surface area contributed by atoms with Crippen molar-refractivity contribution in [3.05, 3.63) is 17.8 Å². The van der Waals surface area contributed by atoms with Crippen LogP contribution in [-0.2, 0) is 0 Å². The minimum absolute atomic E-state index is 0.298. The fourth-order valence-electron chi connectivity index (χ4n) is 1.31. The number of nitrogen functional groups attached to an aromatic ring is 1. The number of nitrogens with zero attached hydrogens (tertiary/aromatic N) is 2. The van der Waals surface area contributed by atoms with E-state index in [0.717, 1.165) is 19.6 Å². The molecule has 0 aliphatic carbocycles. The molecule has 1 aromatic heterocycles. The Labute approximate surface area is 101 Å². The second kappa shape index (κ2) is 6.05. The van der Waals surface area contributed by atoms with Gasteiger partial charge in [-0.2, -0.15) is 0 Å². The molecule has 0 unspecified atom stereocenters. The Bertz CT molecular complexity index is 393. The van der Waals surface area contributed by atoms with Crippen LogP contribution in [0.3, 0.4) is 0 Å².